The maximum absolute atomic E-state index is 12.5. The lowest BCUT2D eigenvalue weighted by molar-refractivity contribution is -0.118. The number of hydrogen-bond donors (Lipinski definition) is 2. The third-order valence-corrected chi connectivity index (χ3v) is 4.81. The van der Waals surface area contributed by atoms with Gasteiger partial charge >= 0.3 is 0 Å². The molecule has 136 valence electrons. The number of carbonyl (C=O) groups excluding carboxylic acids is 1. The van der Waals surface area contributed by atoms with Crippen molar-refractivity contribution in [1.82, 2.24) is 10.1 Å². The fourth-order valence-electron chi connectivity index (χ4n) is 3.45. The molecular formula is C18H25ClN4O2. The largest absolute Gasteiger partial charge is 0.339 e. The minimum atomic E-state index is -0.0370. The van der Waals surface area contributed by atoms with E-state index < -0.39 is 0 Å². The maximum atomic E-state index is 12.5. The van der Waals surface area contributed by atoms with E-state index in [2.05, 4.69) is 15.5 Å². The van der Waals surface area contributed by atoms with Crippen molar-refractivity contribution in [3.8, 4) is 11.4 Å². The SMILES string of the molecule is Cc1nc(-c2cccc(NC(=O)CC3(CN)CCCCC3)c2)no1.Cl. The van der Waals surface area contributed by atoms with Gasteiger partial charge in [0, 0.05) is 24.6 Å². The Morgan fingerprint density at radius 1 is 1.32 bits per heavy atom. The number of hydrogen-bond acceptors (Lipinski definition) is 5. The van der Waals surface area contributed by atoms with Gasteiger partial charge in [-0.2, -0.15) is 4.98 Å². The first-order valence-electron chi connectivity index (χ1n) is 8.51. The molecule has 3 N–H and O–H groups in total. The molecule has 0 bridgehead atoms. The molecule has 1 aromatic carbocycles. The second kappa shape index (κ2) is 8.45. The second-order valence-electron chi connectivity index (χ2n) is 6.71. The van der Waals surface area contributed by atoms with E-state index in [9.17, 15) is 4.79 Å². The summed E-state index contributed by atoms with van der Waals surface area (Å²) in [7, 11) is 0. The molecule has 1 saturated carbocycles. The molecule has 1 amide bonds. The quantitative estimate of drug-likeness (QED) is 0.843. The van der Waals surface area contributed by atoms with Crippen molar-refractivity contribution >= 4 is 24.0 Å². The lowest BCUT2D eigenvalue weighted by atomic mass is 9.71. The van der Waals surface area contributed by atoms with Crippen LogP contribution in [-0.4, -0.2) is 22.6 Å². The van der Waals surface area contributed by atoms with Crippen LogP contribution in [0.3, 0.4) is 0 Å². The summed E-state index contributed by atoms with van der Waals surface area (Å²) in [6.45, 7) is 2.32. The molecular weight excluding hydrogens is 340 g/mol. The standard InChI is InChI=1S/C18H24N4O2.ClH/c1-13-20-17(22-24-13)14-6-5-7-15(10-14)21-16(23)11-18(12-19)8-3-2-4-9-18;/h5-7,10H,2-4,8-9,11-12,19H2,1H3,(H,21,23);1H. The first-order chi connectivity index (χ1) is 11.6. The van der Waals surface area contributed by atoms with Gasteiger partial charge in [0.15, 0.2) is 0 Å². The zero-order valence-electron chi connectivity index (χ0n) is 14.5. The Balaban J connectivity index is 0.00000225. The summed E-state index contributed by atoms with van der Waals surface area (Å²) in [4.78, 5) is 16.7. The summed E-state index contributed by atoms with van der Waals surface area (Å²) in [5, 5.41) is 6.89. The van der Waals surface area contributed by atoms with Gasteiger partial charge in [0.1, 0.15) is 0 Å². The molecule has 3 rings (SSSR count). The van der Waals surface area contributed by atoms with Crippen LogP contribution in [0.4, 0.5) is 5.69 Å². The van der Waals surface area contributed by atoms with Gasteiger partial charge in [-0.15, -0.1) is 12.4 Å². The predicted octanol–water partition coefficient (Wildman–Crippen LogP) is 3.70. The Hall–Kier alpha value is -1.92. The fourth-order valence-corrected chi connectivity index (χ4v) is 3.45. The minimum absolute atomic E-state index is 0. The second-order valence-corrected chi connectivity index (χ2v) is 6.71. The number of carbonyl (C=O) groups is 1. The summed E-state index contributed by atoms with van der Waals surface area (Å²) in [5.74, 6) is 1.06. The van der Waals surface area contributed by atoms with Crippen molar-refractivity contribution in [3.05, 3.63) is 30.2 Å². The van der Waals surface area contributed by atoms with E-state index in [-0.39, 0.29) is 23.7 Å². The van der Waals surface area contributed by atoms with E-state index in [0.717, 1.165) is 36.9 Å². The Bertz CT molecular complexity index is 711. The Morgan fingerprint density at radius 2 is 2.08 bits per heavy atom. The Labute approximate surface area is 154 Å². The highest BCUT2D eigenvalue weighted by molar-refractivity contribution is 5.91. The lowest BCUT2D eigenvalue weighted by Gasteiger charge is -2.35. The molecule has 6 nitrogen and oxygen atoms in total. The molecule has 0 radical (unpaired) electrons. The topological polar surface area (TPSA) is 94.0 Å². The number of benzene rings is 1. The third kappa shape index (κ3) is 4.80. The molecule has 1 aliphatic carbocycles. The molecule has 1 aliphatic rings. The van der Waals surface area contributed by atoms with E-state index >= 15 is 0 Å². The summed E-state index contributed by atoms with van der Waals surface area (Å²) >= 11 is 0. The van der Waals surface area contributed by atoms with E-state index in [4.69, 9.17) is 10.3 Å². The smallest absolute Gasteiger partial charge is 0.224 e. The number of aromatic nitrogens is 2. The number of nitrogens with zero attached hydrogens (tertiary/aromatic N) is 2. The van der Waals surface area contributed by atoms with Gasteiger partial charge in [-0.05, 0) is 36.9 Å². The van der Waals surface area contributed by atoms with Gasteiger partial charge in [0.25, 0.3) is 0 Å². The van der Waals surface area contributed by atoms with Crippen LogP contribution in [0.5, 0.6) is 0 Å². The molecule has 0 saturated heterocycles. The van der Waals surface area contributed by atoms with Crippen molar-refractivity contribution in [2.45, 2.75) is 45.4 Å². The van der Waals surface area contributed by atoms with Gasteiger partial charge < -0.3 is 15.6 Å². The van der Waals surface area contributed by atoms with Crippen LogP contribution in [0.2, 0.25) is 0 Å². The van der Waals surface area contributed by atoms with Crippen molar-refractivity contribution in [2.24, 2.45) is 11.1 Å². The monoisotopic (exact) mass is 364 g/mol. The number of nitrogens with one attached hydrogen (secondary N) is 1. The van der Waals surface area contributed by atoms with E-state index in [1.54, 1.807) is 6.92 Å². The van der Waals surface area contributed by atoms with Crippen LogP contribution in [0.25, 0.3) is 11.4 Å². The molecule has 7 heteroatoms. The van der Waals surface area contributed by atoms with Crippen LogP contribution >= 0.6 is 12.4 Å². The van der Waals surface area contributed by atoms with E-state index in [1.807, 2.05) is 24.3 Å². The average molecular weight is 365 g/mol. The molecule has 2 aromatic rings. The predicted molar refractivity (Wildman–Crippen MR) is 99.5 cm³/mol. The molecule has 1 aromatic heterocycles. The molecule has 0 unspecified atom stereocenters. The lowest BCUT2D eigenvalue weighted by Crippen LogP contribution is -2.36. The van der Waals surface area contributed by atoms with Crippen molar-refractivity contribution in [2.75, 3.05) is 11.9 Å². The molecule has 25 heavy (non-hydrogen) atoms. The fraction of sp³-hybridized carbons (Fsp3) is 0.500. The molecule has 1 fully saturated rings. The van der Waals surface area contributed by atoms with Gasteiger partial charge in [0.05, 0.1) is 0 Å². The van der Waals surface area contributed by atoms with Gasteiger partial charge in [-0.25, -0.2) is 0 Å². The van der Waals surface area contributed by atoms with Crippen LogP contribution < -0.4 is 11.1 Å². The number of amides is 1. The normalized spacial score (nSPS) is 16.1. The molecule has 1 heterocycles. The summed E-state index contributed by atoms with van der Waals surface area (Å²) in [6, 6.07) is 7.49. The average Bonchev–Trinajstić information content (AvgIpc) is 3.02. The minimum Gasteiger partial charge on any atom is -0.339 e. The van der Waals surface area contributed by atoms with Gasteiger partial charge in [0.2, 0.25) is 17.6 Å². The highest BCUT2D eigenvalue weighted by Crippen LogP contribution is 2.38. The van der Waals surface area contributed by atoms with Crippen LogP contribution in [-0.2, 0) is 4.79 Å². The number of anilines is 1. The van der Waals surface area contributed by atoms with E-state index in [1.165, 1.54) is 6.42 Å². The first kappa shape index (κ1) is 19.4. The summed E-state index contributed by atoms with van der Waals surface area (Å²) in [5.41, 5.74) is 7.49. The summed E-state index contributed by atoms with van der Waals surface area (Å²) in [6.07, 6.45) is 6.14. The van der Waals surface area contributed by atoms with Crippen molar-refractivity contribution in [3.63, 3.8) is 0 Å². The molecule has 0 aliphatic heterocycles. The third-order valence-electron chi connectivity index (χ3n) is 4.81. The van der Waals surface area contributed by atoms with Gasteiger partial charge in [-0.1, -0.05) is 36.6 Å². The first-order valence-corrected chi connectivity index (χ1v) is 8.51. The molecule has 0 spiro atoms. The zero-order chi connectivity index (χ0) is 17.0. The Kier molecular flexibility index (Phi) is 6.56. The molecule has 0 atom stereocenters. The number of rotatable bonds is 5. The highest BCUT2D eigenvalue weighted by Gasteiger charge is 2.32. The Morgan fingerprint density at radius 3 is 2.72 bits per heavy atom. The number of aryl methyl sites for hydroxylation is 1. The zero-order valence-corrected chi connectivity index (χ0v) is 15.3. The van der Waals surface area contributed by atoms with Crippen molar-refractivity contribution < 1.29 is 9.32 Å². The van der Waals surface area contributed by atoms with Crippen LogP contribution in [0.15, 0.2) is 28.8 Å². The number of nitrogens with two attached hydrogens (primary N) is 1. The highest BCUT2D eigenvalue weighted by atomic mass is 35.5. The van der Waals surface area contributed by atoms with E-state index in [0.29, 0.717) is 24.7 Å². The summed E-state index contributed by atoms with van der Waals surface area (Å²) < 4.78 is 5.01. The van der Waals surface area contributed by atoms with Crippen LogP contribution in [0.1, 0.15) is 44.4 Å². The van der Waals surface area contributed by atoms with Gasteiger partial charge in [-0.3, -0.25) is 4.79 Å². The maximum Gasteiger partial charge on any atom is 0.224 e. The number of halogens is 1. The van der Waals surface area contributed by atoms with Crippen molar-refractivity contribution in [1.29, 1.82) is 0 Å². The van der Waals surface area contributed by atoms with Crippen LogP contribution in [0, 0.1) is 12.3 Å².